The van der Waals surface area contributed by atoms with Crippen molar-refractivity contribution in [1.29, 1.82) is 0 Å². The second-order valence-electron chi connectivity index (χ2n) is 3.33. The van der Waals surface area contributed by atoms with Gasteiger partial charge in [-0.25, -0.2) is 0 Å². The minimum absolute atomic E-state index is 0.0406. The summed E-state index contributed by atoms with van der Waals surface area (Å²) in [5, 5.41) is 9.63. The first kappa shape index (κ1) is 10.4. The number of aryl methyl sites for hydroxylation is 1. The second-order valence-corrected chi connectivity index (χ2v) is 3.33. The molecule has 0 spiro atoms. The summed E-state index contributed by atoms with van der Waals surface area (Å²) in [6, 6.07) is 0. The fraction of sp³-hybridized carbons (Fsp3) is 0.300. The van der Waals surface area contributed by atoms with Gasteiger partial charge in [0.05, 0.1) is 24.7 Å². The summed E-state index contributed by atoms with van der Waals surface area (Å²) in [5.74, 6) is -1.62. The molecule has 2 rings (SSSR count). The number of aromatic nitrogens is 1. The van der Waals surface area contributed by atoms with Crippen LogP contribution in [0, 0.1) is 6.92 Å². The van der Waals surface area contributed by atoms with E-state index >= 15 is 0 Å². The van der Waals surface area contributed by atoms with E-state index < -0.39 is 11.9 Å². The standard InChI is InChI=1S/C10H9NO5/c1-5-9(14)10-6(4-11-5)15-7(12)2-3-8(13)16-10/h4,14H,2-3H2,1H3. The van der Waals surface area contributed by atoms with Crippen LogP contribution in [0.5, 0.6) is 17.2 Å². The number of carbonyl (C=O) groups is 2. The van der Waals surface area contributed by atoms with Gasteiger partial charge in [-0.05, 0) is 6.92 Å². The number of pyridine rings is 1. The van der Waals surface area contributed by atoms with Crippen molar-refractivity contribution in [2.75, 3.05) is 0 Å². The van der Waals surface area contributed by atoms with Crippen LogP contribution in [0.4, 0.5) is 0 Å². The molecule has 0 saturated carbocycles. The zero-order valence-electron chi connectivity index (χ0n) is 8.52. The Morgan fingerprint density at radius 1 is 1.25 bits per heavy atom. The number of hydrogen-bond donors (Lipinski definition) is 1. The molecule has 0 aliphatic carbocycles. The first-order chi connectivity index (χ1) is 7.58. The Balaban J connectivity index is 2.51. The maximum absolute atomic E-state index is 11.2. The maximum Gasteiger partial charge on any atom is 0.312 e. The van der Waals surface area contributed by atoms with E-state index in [0.717, 1.165) is 0 Å². The number of rotatable bonds is 0. The molecule has 1 aromatic heterocycles. The van der Waals surface area contributed by atoms with Gasteiger partial charge in [-0.1, -0.05) is 0 Å². The van der Waals surface area contributed by atoms with E-state index in [1.54, 1.807) is 6.92 Å². The second kappa shape index (κ2) is 3.80. The Hall–Kier alpha value is -2.11. The van der Waals surface area contributed by atoms with E-state index in [4.69, 9.17) is 9.47 Å². The van der Waals surface area contributed by atoms with Gasteiger partial charge in [-0.3, -0.25) is 14.6 Å². The quantitative estimate of drug-likeness (QED) is 0.651. The number of hydrogen-bond acceptors (Lipinski definition) is 6. The number of aromatic hydroxyl groups is 1. The predicted octanol–water partition coefficient (Wildman–Crippen LogP) is 0.700. The fourth-order valence-electron chi connectivity index (χ4n) is 1.27. The number of nitrogens with zero attached hydrogens (tertiary/aromatic N) is 1. The van der Waals surface area contributed by atoms with E-state index in [1.165, 1.54) is 6.20 Å². The van der Waals surface area contributed by atoms with Crippen LogP contribution < -0.4 is 9.47 Å². The summed E-state index contributed by atoms with van der Waals surface area (Å²) in [5.41, 5.74) is 0.295. The van der Waals surface area contributed by atoms with Crippen molar-refractivity contribution < 1.29 is 24.2 Å². The molecule has 6 heteroatoms. The lowest BCUT2D eigenvalue weighted by atomic mass is 10.2. The third kappa shape index (κ3) is 1.81. The van der Waals surface area contributed by atoms with Gasteiger partial charge in [0.15, 0.2) is 11.5 Å². The summed E-state index contributed by atoms with van der Waals surface area (Å²) in [6.45, 7) is 1.55. The number of ether oxygens (including phenoxy) is 2. The highest BCUT2D eigenvalue weighted by Crippen LogP contribution is 2.38. The molecular formula is C10H9NO5. The Labute approximate surface area is 90.8 Å². The van der Waals surface area contributed by atoms with Gasteiger partial charge in [0.2, 0.25) is 5.75 Å². The minimum atomic E-state index is -0.584. The summed E-state index contributed by atoms with van der Waals surface area (Å²) >= 11 is 0. The molecule has 1 N–H and O–H groups in total. The Bertz CT molecular complexity index is 469. The highest BCUT2D eigenvalue weighted by molar-refractivity contribution is 5.83. The fourth-order valence-corrected chi connectivity index (χ4v) is 1.27. The Morgan fingerprint density at radius 3 is 2.56 bits per heavy atom. The van der Waals surface area contributed by atoms with Gasteiger partial charge in [-0.15, -0.1) is 0 Å². The van der Waals surface area contributed by atoms with Gasteiger partial charge < -0.3 is 14.6 Å². The van der Waals surface area contributed by atoms with Crippen molar-refractivity contribution in [2.24, 2.45) is 0 Å². The molecule has 0 unspecified atom stereocenters. The lowest BCUT2D eigenvalue weighted by Crippen LogP contribution is -2.18. The van der Waals surface area contributed by atoms with Crippen LogP contribution in [0.15, 0.2) is 6.20 Å². The summed E-state index contributed by atoms with van der Waals surface area (Å²) in [4.78, 5) is 26.3. The molecule has 84 valence electrons. The van der Waals surface area contributed by atoms with E-state index in [9.17, 15) is 14.7 Å². The maximum atomic E-state index is 11.2. The van der Waals surface area contributed by atoms with Gasteiger partial charge in [0.1, 0.15) is 0 Å². The van der Waals surface area contributed by atoms with Crippen LogP contribution in [-0.2, 0) is 9.59 Å². The van der Waals surface area contributed by atoms with Crippen LogP contribution in [0.2, 0.25) is 0 Å². The molecule has 1 aliphatic heterocycles. The molecule has 0 atom stereocenters. The van der Waals surface area contributed by atoms with Crippen LogP contribution in [-0.4, -0.2) is 22.0 Å². The largest absolute Gasteiger partial charge is 0.503 e. The lowest BCUT2D eigenvalue weighted by Gasteiger charge is -2.14. The van der Waals surface area contributed by atoms with E-state index in [2.05, 4.69) is 4.98 Å². The minimum Gasteiger partial charge on any atom is -0.503 e. The van der Waals surface area contributed by atoms with Crippen molar-refractivity contribution in [3.8, 4) is 17.2 Å². The zero-order chi connectivity index (χ0) is 11.7. The van der Waals surface area contributed by atoms with Gasteiger partial charge in [0, 0.05) is 0 Å². The van der Waals surface area contributed by atoms with Gasteiger partial charge in [0.25, 0.3) is 0 Å². The summed E-state index contributed by atoms with van der Waals surface area (Å²) in [7, 11) is 0. The van der Waals surface area contributed by atoms with Crippen molar-refractivity contribution in [2.45, 2.75) is 19.8 Å². The van der Waals surface area contributed by atoms with E-state index in [1.807, 2.05) is 0 Å². The molecule has 0 saturated heterocycles. The monoisotopic (exact) mass is 223 g/mol. The molecule has 0 fully saturated rings. The summed E-state index contributed by atoms with van der Waals surface area (Å²) < 4.78 is 9.77. The first-order valence-corrected chi connectivity index (χ1v) is 4.68. The smallest absolute Gasteiger partial charge is 0.312 e. The van der Waals surface area contributed by atoms with E-state index in [0.29, 0.717) is 5.69 Å². The van der Waals surface area contributed by atoms with Crippen LogP contribution in [0.25, 0.3) is 0 Å². The molecular weight excluding hydrogens is 214 g/mol. The zero-order valence-corrected chi connectivity index (χ0v) is 8.52. The molecule has 1 aliphatic rings. The molecule has 0 aromatic carbocycles. The average Bonchev–Trinajstić information content (AvgIpc) is 2.24. The molecule has 0 radical (unpaired) electrons. The van der Waals surface area contributed by atoms with Crippen LogP contribution in [0.1, 0.15) is 18.5 Å². The third-order valence-corrected chi connectivity index (χ3v) is 2.13. The van der Waals surface area contributed by atoms with Crippen molar-refractivity contribution >= 4 is 11.9 Å². The summed E-state index contributed by atoms with van der Waals surface area (Å²) in [6.07, 6.45) is 1.12. The van der Waals surface area contributed by atoms with Crippen molar-refractivity contribution in [1.82, 2.24) is 4.98 Å². The molecule has 1 aromatic rings. The number of esters is 2. The highest BCUT2D eigenvalue weighted by Gasteiger charge is 2.23. The van der Waals surface area contributed by atoms with Crippen molar-refractivity contribution in [3.63, 3.8) is 0 Å². The van der Waals surface area contributed by atoms with Crippen molar-refractivity contribution in [3.05, 3.63) is 11.9 Å². The van der Waals surface area contributed by atoms with Gasteiger partial charge in [-0.2, -0.15) is 0 Å². The SMILES string of the molecule is Cc1ncc2c(c1O)OC(=O)CCC(=O)O2. The predicted molar refractivity (Wildman–Crippen MR) is 51.1 cm³/mol. The van der Waals surface area contributed by atoms with Crippen LogP contribution >= 0.6 is 0 Å². The normalized spacial score (nSPS) is 15.6. The Morgan fingerprint density at radius 2 is 1.88 bits per heavy atom. The number of fused-ring (bicyclic) bond motifs is 1. The van der Waals surface area contributed by atoms with Crippen LogP contribution in [0.3, 0.4) is 0 Å². The molecule has 0 amide bonds. The first-order valence-electron chi connectivity index (χ1n) is 4.68. The number of carbonyl (C=O) groups excluding carboxylic acids is 2. The average molecular weight is 223 g/mol. The molecule has 0 bridgehead atoms. The topological polar surface area (TPSA) is 85.7 Å². The third-order valence-electron chi connectivity index (χ3n) is 2.13. The molecule has 16 heavy (non-hydrogen) atoms. The Kier molecular flexibility index (Phi) is 2.47. The highest BCUT2D eigenvalue weighted by atomic mass is 16.6. The lowest BCUT2D eigenvalue weighted by molar-refractivity contribution is -0.142. The van der Waals surface area contributed by atoms with E-state index in [-0.39, 0.29) is 30.1 Å². The van der Waals surface area contributed by atoms with Gasteiger partial charge >= 0.3 is 11.9 Å². The molecule has 2 heterocycles. The molecule has 6 nitrogen and oxygen atoms in total.